The highest BCUT2D eigenvalue weighted by molar-refractivity contribution is 6.26. The fourth-order valence-corrected chi connectivity index (χ4v) is 4.75. The van der Waals surface area contributed by atoms with Gasteiger partial charge in [0.05, 0.1) is 17.4 Å². The molecule has 2 saturated heterocycles. The Bertz CT molecular complexity index is 1320. The quantitative estimate of drug-likeness (QED) is 0.462. The number of hydrogen-bond donors (Lipinski definition) is 0. The SMILES string of the molecule is O=C1C2ON(c3ccccc3)C(c3ccncc3)C2C(=O)N1c1cccc2ccccc12. The van der Waals surface area contributed by atoms with Crippen molar-refractivity contribution in [2.75, 3.05) is 9.96 Å². The van der Waals surface area contributed by atoms with Gasteiger partial charge in [0.2, 0.25) is 5.91 Å². The Hall–Kier alpha value is -4.03. The van der Waals surface area contributed by atoms with Crippen molar-refractivity contribution in [2.24, 2.45) is 5.92 Å². The molecule has 1 aromatic heterocycles. The number of anilines is 2. The summed E-state index contributed by atoms with van der Waals surface area (Å²) in [5.74, 6) is -1.26. The van der Waals surface area contributed by atoms with Gasteiger partial charge in [-0.2, -0.15) is 0 Å². The van der Waals surface area contributed by atoms with Gasteiger partial charge in [0, 0.05) is 17.8 Å². The molecule has 4 aromatic rings. The lowest BCUT2D eigenvalue weighted by Crippen LogP contribution is -2.37. The number of para-hydroxylation sites is 1. The van der Waals surface area contributed by atoms with Crippen LogP contribution >= 0.6 is 0 Å². The summed E-state index contributed by atoms with van der Waals surface area (Å²) in [5, 5.41) is 3.53. The van der Waals surface area contributed by atoms with Gasteiger partial charge >= 0.3 is 0 Å². The molecule has 3 unspecified atom stereocenters. The molecule has 3 atom stereocenters. The minimum absolute atomic E-state index is 0.253. The van der Waals surface area contributed by atoms with Gasteiger partial charge in [-0.3, -0.25) is 19.4 Å². The molecule has 3 aromatic carbocycles. The lowest BCUT2D eigenvalue weighted by atomic mass is 9.91. The van der Waals surface area contributed by atoms with Gasteiger partial charge in [-0.15, -0.1) is 0 Å². The third-order valence-electron chi connectivity index (χ3n) is 6.18. The summed E-state index contributed by atoms with van der Waals surface area (Å²) in [4.78, 5) is 38.9. The number of benzene rings is 3. The van der Waals surface area contributed by atoms with Crippen LogP contribution in [0.15, 0.2) is 97.3 Å². The highest BCUT2D eigenvalue weighted by Crippen LogP contribution is 2.48. The summed E-state index contributed by atoms with van der Waals surface area (Å²) in [6, 6.07) is 26.2. The van der Waals surface area contributed by atoms with E-state index in [1.807, 2.05) is 84.9 Å². The van der Waals surface area contributed by atoms with Crippen LogP contribution in [0.5, 0.6) is 0 Å². The zero-order valence-electron chi connectivity index (χ0n) is 17.0. The van der Waals surface area contributed by atoms with Crippen LogP contribution in [-0.2, 0) is 14.4 Å². The number of rotatable bonds is 3. The molecule has 0 radical (unpaired) electrons. The third kappa shape index (κ3) is 2.73. The first kappa shape index (κ1) is 18.7. The zero-order chi connectivity index (χ0) is 21.7. The van der Waals surface area contributed by atoms with E-state index in [1.54, 1.807) is 17.5 Å². The average Bonchev–Trinajstić information content (AvgIpc) is 3.36. The largest absolute Gasteiger partial charge is 0.273 e. The van der Waals surface area contributed by atoms with Crippen LogP contribution in [0.2, 0.25) is 0 Å². The van der Waals surface area contributed by atoms with Crippen LogP contribution in [0, 0.1) is 5.92 Å². The summed E-state index contributed by atoms with van der Waals surface area (Å²) in [7, 11) is 0. The maximum Gasteiger partial charge on any atom is 0.266 e. The molecule has 0 spiro atoms. The van der Waals surface area contributed by atoms with E-state index in [0.717, 1.165) is 22.0 Å². The maximum absolute atomic E-state index is 13.8. The molecule has 6 rings (SSSR count). The molecule has 0 aliphatic carbocycles. The van der Waals surface area contributed by atoms with Crippen molar-refractivity contribution in [3.63, 3.8) is 0 Å². The Morgan fingerprint density at radius 1 is 0.750 bits per heavy atom. The van der Waals surface area contributed by atoms with Crippen molar-refractivity contribution in [1.82, 2.24) is 4.98 Å². The van der Waals surface area contributed by atoms with E-state index in [1.165, 1.54) is 4.90 Å². The fourth-order valence-electron chi connectivity index (χ4n) is 4.75. The molecular formula is C26H19N3O3. The molecule has 3 heterocycles. The van der Waals surface area contributed by atoms with Gasteiger partial charge in [-0.05, 0) is 41.3 Å². The minimum atomic E-state index is -0.889. The molecule has 0 bridgehead atoms. The lowest BCUT2D eigenvalue weighted by Gasteiger charge is -2.28. The first-order valence-corrected chi connectivity index (χ1v) is 10.5. The van der Waals surface area contributed by atoms with Crippen LogP contribution in [-0.4, -0.2) is 22.9 Å². The van der Waals surface area contributed by atoms with E-state index in [4.69, 9.17) is 4.84 Å². The smallest absolute Gasteiger partial charge is 0.266 e. The van der Waals surface area contributed by atoms with Crippen molar-refractivity contribution >= 4 is 34.0 Å². The second kappa shape index (κ2) is 7.28. The van der Waals surface area contributed by atoms with Crippen molar-refractivity contribution in [1.29, 1.82) is 0 Å². The van der Waals surface area contributed by atoms with Crippen LogP contribution in [0.25, 0.3) is 10.8 Å². The van der Waals surface area contributed by atoms with E-state index >= 15 is 0 Å². The van der Waals surface area contributed by atoms with Gasteiger partial charge in [0.1, 0.15) is 5.92 Å². The Morgan fingerprint density at radius 3 is 2.28 bits per heavy atom. The molecule has 6 nitrogen and oxygen atoms in total. The normalized spacial score (nSPS) is 22.6. The van der Waals surface area contributed by atoms with Gasteiger partial charge in [-0.1, -0.05) is 54.6 Å². The Kier molecular flexibility index (Phi) is 4.26. The number of fused-ring (bicyclic) bond motifs is 2. The maximum atomic E-state index is 13.8. The number of carbonyl (C=O) groups is 2. The van der Waals surface area contributed by atoms with Crippen LogP contribution in [0.4, 0.5) is 11.4 Å². The molecule has 156 valence electrons. The summed E-state index contributed by atoms with van der Waals surface area (Å²) < 4.78 is 0. The molecule has 2 fully saturated rings. The minimum Gasteiger partial charge on any atom is -0.273 e. The Labute approximate surface area is 184 Å². The van der Waals surface area contributed by atoms with Crippen molar-refractivity contribution in [3.8, 4) is 0 Å². The molecule has 0 N–H and O–H groups in total. The monoisotopic (exact) mass is 421 g/mol. The number of carbonyl (C=O) groups excluding carboxylic acids is 2. The average molecular weight is 421 g/mol. The topological polar surface area (TPSA) is 62.7 Å². The Balaban J connectivity index is 1.47. The van der Waals surface area contributed by atoms with Gasteiger partial charge in [0.25, 0.3) is 5.91 Å². The number of imide groups is 1. The first-order valence-electron chi connectivity index (χ1n) is 10.5. The van der Waals surface area contributed by atoms with Gasteiger partial charge in [0.15, 0.2) is 6.10 Å². The van der Waals surface area contributed by atoms with E-state index in [-0.39, 0.29) is 11.8 Å². The Morgan fingerprint density at radius 2 is 1.47 bits per heavy atom. The lowest BCUT2D eigenvalue weighted by molar-refractivity contribution is -0.126. The number of nitrogens with zero attached hydrogens (tertiary/aromatic N) is 3. The summed E-state index contributed by atoms with van der Waals surface area (Å²) in [6.45, 7) is 0. The third-order valence-corrected chi connectivity index (χ3v) is 6.18. The second-order valence-electron chi connectivity index (χ2n) is 7.95. The number of hydrogen-bond acceptors (Lipinski definition) is 5. The summed E-state index contributed by atoms with van der Waals surface area (Å²) in [6.07, 6.45) is 2.49. The molecule has 2 aliphatic rings. The molecule has 32 heavy (non-hydrogen) atoms. The van der Waals surface area contributed by atoms with Gasteiger partial charge in [-0.25, -0.2) is 9.96 Å². The van der Waals surface area contributed by atoms with Crippen molar-refractivity contribution < 1.29 is 14.4 Å². The molecule has 2 amide bonds. The predicted octanol–water partition coefficient (Wildman–Crippen LogP) is 4.29. The van der Waals surface area contributed by atoms with Crippen molar-refractivity contribution in [3.05, 3.63) is 103 Å². The summed E-state index contributed by atoms with van der Waals surface area (Å²) >= 11 is 0. The predicted molar refractivity (Wildman–Crippen MR) is 121 cm³/mol. The molecule has 0 saturated carbocycles. The van der Waals surface area contributed by atoms with E-state index < -0.39 is 18.1 Å². The summed E-state index contributed by atoms with van der Waals surface area (Å²) in [5.41, 5.74) is 2.26. The van der Waals surface area contributed by atoms with E-state index in [0.29, 0.717) is 5.69 Å². The van der Waals surface area contributed by atoms with Crippen LogP contribution in [0.1, 0.15) is 11.6 Å². The van der Waals surface area contributed by atoms with Crippen molar-refractivity contribution in [2.45, 2.75) is 12.1 Å². The second-order valence-corrected chi connectivity index (χ2v) is 7.95. The first-order chi connectivity index (χ1) is 15.7. The highest BCUT2D eigenvalue weighted by Gasteiger charge is 2.60. The number of pyridine rings is 1. The number of hydroxylamine groups is 1. The van der Waals surface area contributed by atoms with E-state index in [9.17, 15) is 9.59 Å². The zero-order valence-corrected chi connectivity index (χ0v) is 17.0. The van der Waals surface area contributed by atoms with Gasteiger partial charge < -0.3 is 0 Å². The highest BCUT2D eigenvalue weighted by atomic mass is 16.7. The molecular weight excluding hydrogens is 402 g/mol. The van der Waals surface area contributed by atoms with Crippen LogP contribution < -0.4 is 9.96 Å². The van der Waals surface area contributed by atoms with E-state index in [2.05, 4.69) is 4.98 Å². The fraction of sp³-hybridized carbons (Fsp3) is 0.115. The molecule has 2 aliphatic heterocycles. The number of aromatic nitrogens is 1. The standard InChI is InChI=1S/C26H19N3O3/c30-25-22-23(18-13-15-27-16-14-18)29(19-9-2-1-3-10-19)32-24(22)26(31)28(25)21-12-6-8-17-7-4-5-11-20(17)21/h1-16,22-24H. The van der Waals surface area contributed by atoms with Crippen LogP contribution in [0.3, 0.4) is 0 Å². The molecule has 6 heteroatoms. The number of amides is 2.